The molecule has 0 aliphatic rings. The van der Waals surface area contributed by atoms with Gasteiger partial charge in [-0.1, -0.05) is 42.5 Å². The van der Waals surface area contributed by atoms with Crippen LogP contribution in [0.1, 0.15) is 33.1 Å². The van der Waals surface area contributed by atoms with Crippen molar-refractivity contribution in [3.8, 4) is 5.75 Å². The van der Waals surface area contributed by atoms with E-state index in [9.17, 15) is 14.3 Å². The zero-order valence-electron chi connectivity index (χ0n) is 17.6. The van der Waals surface area contributed by atoms with Crippen molar-refractivity contribution in [2.75, 3.05) is 19.5 Å². The lowest BCUT2D eigenvalue weighted by Crippen LogP contribution is -2.40. The van der Waals surface area contributed by atoms with Crippen molar-refractivity contribution in [2.45, 2.75) is 6.04 Å². The highest BCUT2D eigenvalue weighted by Crippen LogP contribution is 2.30. The van der Waals surface area contributed by atoms with E-state index in [1.54, 1.807) is 36.4 Å². The Bertz CT molecular complexity index is 1130. The van der Waals surface area contributed by atoms with E-state index in [0.29, 0.717) is 11.3 Å². The Balaban J connectivity index is 1.89. The maximum atomic E-state index is 13.1. The summed E-state index contributed by atoms with van der Waals surface area (Å²) in [5.41, 5.74) is 8.87. The van der Waals surface area contributed by atoms with Crippen LogP contribution in [0.5, 0.6) is 5.75 Å². The van der Waals surface area contributed by atoms with Crippen LogP contribution in [0, 0.1) is 5.82 Å². The van der Waals surface area contributed by atoms with Gasteiger partial charge in [-0.15, -0.1) is 0 Å². The molecule has 6 N–H and O–H groups in total. The molecule has 0 saturated carbocycles. The molecule has 0 bridgehead atoms. The molecule has 3 aromatic rings. The Hall–Kier alpha value is -3.97. The maximum absolute atomic E-state index is 13.1. The molecular formula is C25H25FN3O3+. The quantitative estimate of drug-likeness (QED) is 0.322. The molecule has 1 atom stereocenters. The Morgan fingerprint density at radius 1 is 1.16 bits per heavy atom. The second kappa shape index (κ2) is 10.4. The minimum atomic E-state index is -0.589. The number of hydrogen-bond acceptors (Lipinski definition) is 4. The van der Waals surface area contributed by atoms with Gasteiger partial charge < -0.3 is 20.9 Å². The number of amides is 1. The Morgan fingerprint density at radius 3 is 2.47 bits per heavy atom. The molecule has 32 heavy (non-hydrogen) atoms. The number of methoxy groups -OCH3 is 1. The van der Waals surface area contributed by atoms with Crippen molar-refractivity contribution in [1.29, 1.82) is 0 Å². The SMILES string of the molecule is COc1c(C(=O)N[C@@H](CO)c2ccccc2)ccc(N)c1C(=[NH2+])/C=C/c1ccc(F)cc1. The summed E-state index contributed by atoms with van der Waals surface area (Å²) in [4.78, 5) is 13.0. The normalized spacial score (nSPS) is 11.8. The topological polar surface area (TPSA) is 110 Å². The molecule has 164 valence electrons. The Kier molecular flexibility index (Phi) is 7.36. The summed E-state index contributed by atoms with van der Waals surface area (Å²) >= 11 is 0. The van der Waals surface area contributed by atoms with Gasteiger partial charge in [0, 0.05) is 11.8 Å². The molecule has 7 heteroatoms. The van der Waals surface area contributed by atoms with E-state index in [-0.39, 0.29) is 29.4 Å². The molecule has 0 aliphatic heterocycles. The third kappa shape index (κ3) is 5.19. The van der Waals surface area contributed by atoms with Crippen LogP contribution in [0.4, 0.5) is 10.1 Å². The number of nitrogens with two attached hydrogens (primary N) is 2. The van der Waals surface area contributed by atoms with E-state index in [4.69, 9.17) is 15.9 Å². The van der Waals surface area contributed by atoms with E-state index < -0.39 is 11.9 Å². The van der Waals surface area contributed by atoms with Crippen molar-refractivity contribution in [1.82, 2.24) is 5.32 Å². The third-order valence-electron chi connectivity index (χ3n) is 4.94. The first kappa shape index (κ1) is 22.7. The van der Waals surface area contributed by atoms with Gasteiger partial charge in [-0.25, -0.2) is 4.39 Å². The molecule has 3 rings (SSSR count). The van der Waals surface area contributed by atoms with Crippen LogP contribution in [0.2, 0.25) is 0 Å². The summed E-state index contributed by atoms with van der Waals surface area (Å²) in [7, 11) is 1.42. The summed E-state index contributed by atoms with van der Waals surface area (Å²) in [6.07, 6.45) is 3.32. The lowest BCUT2D eigenvalue weighted by molar-refractivity contribution is -0.111. The summed E-state index contributed by atoms with van der Waals surface area (Å²) in [5.74, 6) is -0.560. The summed E-state index contributed by atoms with van der Waals surface area (Å²) in [5, 5.41) is 18.8. The average Bonchev–Trinajstić information content (AvgIpc) is 2.82. The summed E-state index contributed by atoms with van der Waals surface area (Å²) in [6, 6.07) is 17.6. The first-order chi connectivity index (χ1) is 15.4. The molecule has 0 aliphatic carbocycles. The third-order valence-corrected chi connectivity index (χ3v) is 4.94. The molecule has 0 fully saturated rings. The summed E-state index contributed by atoms with van der Waals surface area (Å²) < 4.78 is 18.6. The number of aliphatic hydroxyl groups is 1. The minimum Gasteiger partial charge on any atom is -0.495 e. The average molecular weight is 434 g/mol. The molecule has 0 heterocycles. The van der Waals surface area contributed by atoms with E-state index in [1.807, 2.05) is 30.3 Å². The zero-order valence-corrected chi connectivity index (χ0v) is 17.6. The lowest BCUT2D eigenvalue weighted by Gasteiger charge is -2.19. The molecular weight excluding hydrogens is 409 g/mol. The van der Waals surface area contributed by atoms with Gasteiger partial charge in [0.25, 0.3) is 5.91 Å². The van der Waals surface area contributed by atoms with E-state index in [2.05, 4.69) is 5.32 Å². The first-order valence-corrected chi connectivity index (χ1v) is 9.94. The monoisotopic (exact) mass is 434 g/mol. The molecule has 6 nitrogen and oxygen atoms in total. The number of allylic oxidation sites excluding steroid dienone is 1. The smallest absolute Gasteiger partial charge is 0.255 e. The van der Waals surface area contributed by atoms with Crippen LogP contribution < -0.4 is 21.2 Å². The Morgan fingerprint density at radius 2 is 1.84 bits per heavy atom. The number of anilines is 1. The van der Waals surface area contributed by atoms with Crippen LogP contribution in [-0.2, 0) is 0 Å². The molecule has 3 aromatic carbocycles. The Labute approximate surface area is 185 Å². The number of ether oxygens (including phenoxy) is 1. The number of halogens is 1. The van der Waals surface area contributed by atoms with E-state index >= 15 is 0 Å². The number of nitrogens with one attached hydrogen (secondary N) is 1. The van der Waals surface area contributed by atoms with Crippen molar-refractivity contribution >= 4 is 23.4 Å². The van der Waals surface area contributed by atoms with Crippen LogP contribution in [0.25, 0.3) is 6.08 Å². The predicted molar refractivity (Wildman–Crippen MR) is 123 cm³/mol. The van der Waals surface area contributed by atoms with Crippen LogP contribution >= 0.6 is 0 Å². The van der Waals surface area contributed by atoms with Crippen molar-refractivity contribution < 1.29 is 24.4 Å². The largest absolute Gasteiger partial charge is 0.495 e. The van der Waals surface area contributed by atoms with Crippen LogP contribution in [-0.4, -0.2) is 30.4 Å². The number of carbonyl (C=O) groups excluding carboxylic acids is 1. The molecule has 0 aromatic heterocycles. The highest BCUT2D eigenvalue weighted by atomic mass is 19.1. The fourth-order valence-electron chi connectivity index (χ4n) is 3.29. The molecule has 0 unspecified atom stereocenters. The standard InChI is InChI=1S/C25H24FN3O3/c1-32-24-19(25(31)29-22(15-30)17-5-3-2-4-6-17)12-14-21(28)23(24)20(27)13-9-16-7-10-18(26)11-8-16/h2-14,22,27,30H,15,28H2,1H3,(H,29,31)/p+1/b13-9+,27-20?/t22-/m0/s1. The highest BCUT2D eigenvalue weighted by molar-refractivity contribution is 6.14. The fraction of sp³-hybridized carbons (Fsp3) is 0.120. The van der Waals surface area contributed by atoms with Gasteiger partial charge in [-0.2, -0.15) is 0 Å². The van der Waals surface area contributed by atoms with Gasteiger partial charge in [-0.3, -0.25) is 10.2 Å². The number of aliphatic hydroxyl groups excluding tert-OH is 1. The van der Waals surface area contributed by atoms with Gasteiger partial charge in [0.1, 0.15) is 17.1 Å². The van der Waals surface area contributed by atoms with Gasteiger partial charge in [-0.05, 0) is 41.5 Å². The second-order valence-corrected chi connectivity index (χ2v) is 7.07. The van der Waals surface area contributed by atoms with Crippen molar-refractivity contribution in [3.05, 3.63) is 101 Å². The fourth-order valence-corrected chi connectivity index (χ4v) is 3.29. The highest BCUT2D eigenvalue weighted by Gasteiger charge is 2.24. The van der Waals surface area contributed by atoms with Crippen LogP contribution in [0.15, 0.2) is 72.8 Å². The van der Waals surface area contributed by atoms with Gasteiger partial charge >= 0.3 is 0 Å². The second-order valence-electron chi connectivity index (χ2n) is 7.07. The maximum Gasteiger partial charge on any atom is 0.255 e. The molecule has 1 amide bonds. The molecule has 0 spiro atoms. The van der Waals surface area contributed by atoms with E-state index in [1.165, 1.54) is 19.2 Å². The summed E-state index contributed by atoms with van der Waals surface area (Å²) in [6.45, 7) is -0.269. The molecule has 0 radical (unpaired) electrons. The zero-order chi connectivity index (χ0) is 23.1. The van der Waals surface area contributed by atoms with Crippen LogP contribution in [0.3, 0.4) is 0 Å². The number of benzene rings is 3. The van der Waals surface area contributed by atoms with E-state index in [0.717, 1.165) is 11.1 Å². The number of hydrogen-bond donors (Lipinski definition) is 4. The first-order valence-electron chi connectivity index (χ1n) is 9.94. The van der Waals surface area contributed by atoms with Gasteiger partial charge in [0.05, 0.1) is 25.3 Å². The van der Waals surface area contributed by atoms with Gasteiger partial charge in [0.15, 0.2) is 0 Å². The van der Waals surface area contributed by atoms with Crippen molar-refractivity contribution in [2.24, 2.45) is 0 Å². The number of carbonyl (C=O) groups is 1. The number of nitrogen functional groups attached to an aromatic ring is 1. The number of rotatable bonds is 8. The minimum absolute atomic E-state index is 0.216. The van der Waals surface area contributed by atoms with Gasteiger partial charge in [0.2, 0.25) is 5.71 Å². The molecule has 0 saturated heterocycles. The lowest BCUT2D eigenvalue weighted by atomic mass is 10.00. The predicted octanol–water partition coefficient (Wildman–Crippen LogP) is 2.14. The van der Waals surface area contributed by atoms with Crippen molar-refractivity contribution in [3.63, 3.8) is 0 Å².